The molecule has 0 fully saturated rings. The SMILES string of the molecule is O=[N+]([O-])c1ccccc1OCc1nnc(-c2ccc(Br)o2)o1. The summed E-state index contributed by atoms with van der Waals surface area (Å²) < 4.78 is 16.6. The minimum absolute atomic E-state index is 0.0836. The molecule has 3 rings (SSSR count). The molecule has 112 valence electrons. The van der Waals surface area contributed by atoms with Crippen LogP contribution >= 0.6 is 15.9 Å². The maximum Gasteiger partial charge on any atom is 0.310 e. The molecule has 0 saturated carbocycles. The third-order valence-electron chi connectivity index (χ3n) is 2.66. The first-order chi connectivity index (χ1) is 10.6. The lowest BCUT2D eigenvalue weighted by Crippen LogP contribution is -1.99. The van der Waals surface area contributed by atoms with Crippen LogP contribution in [-0.4, -0.2) is 15.1 Å². The van der Waals surface area contributed by atoms with Crippen molar-refractivity contribution in [2.24, 2.45) is 0 Å². The maximum absolute atomic E-state index is 10.9. The standard InChI is InChI=1S/C13H8BrN3O5/c14-11-6-5-10(21-11)13-16-15-12(22-13)7-20-9-4-2-1-3-8(9)17(18)19/h1-6H,7H2. The van der Waals surface area contributed by atoms with E-state index in [2.05, 4.69) is 26.1 Å². The minimum Gasteiger partial charge on any atom is -0.477 e. The molecule has 0 N–H and O–H groups in total. The van der Waals surface area contributed by atoms with Crippen LogP contribution in [0.1, 0.15) is 5.89 Å². The van der Waals surface area contributed by atoms with Crippen molar-refractivity contribution in [1.82, 2.24) is 10.2 Å². The number of hydrogen-bond acceptors (Lipinski definition) is 7. The Kier molecular flexibility index (Phi) is 3.88. The predicted molar refractivity (Wildman–Crippen MR) is 77.1 cm³/mol. The lowest BCUT2D eigenvalue weighted by molar-refractivity contribution is -0.386. The summed E-state index contributed by atoms with van der Waals surface area (Å²) in [6.45, 7) is -0.0836. The largest absolute Gasteiger partial charge is 0.477 e. The molecule has 1 aromatic carbocycles. The van der Waals surface area contributed by atoms with E-state index >= 15 is 0 Å². The number of hydrogen-bond donors (Lipinski definition) is 0. The smallest absolute Gasteiger partial charge is 0.310 e. The van der Waals surface area contributed by atoms with Crippen LogP contribution < -0.4 is 4.74 Å². The number of furan rings is 1. The van der Waals surface area contributed by atoms with Gasteiger partial charge in [-0.2, -0.15) is 0 Å². The average molecular weight is 366 g/mol. The fourth-order valence-corrected chi connectivity index (χ4v) is 2.02. The van der Waals surface area contributed by atoms with Gasteiger partial charge < -0.3 is 13.6 Å². The highest BCUT2D eigenvalue weighted by Gasteiger charge is 2.16. The van der Waals surface area contributed by atoms with Crippen molar-refractivity contribution in [1.29, 1.82) is 0 Å². The summed E-state index contributed by atoms with van der Waals surface area (Å²) in [5.74, 6) is 0.928. The van der Waals surface area contributed by atoms with Gasteiger partial charge in [0, 0.05) is 6.07 Å². The Hall–Kier alpha value is -2.68. The minimum atomic E-state index is -0.519. The van der Waals surface area contributed by atoms with E-state index in [1.807, 2.05) is 0 Å². The van der Waals surface area contributed by atoms with E-state index in [4.69, 9.17) is 13.6 Å². The highest BCUT2D eigenvalue weighted by molar-refractivity contribution is 9.10. The van der Waals surface area contributed by atoms with Gasteiger partial charge in [-0.1, -0.05) is 12.1 Å². The summed E-state index contributed by atoms with van der Waals surface area (Å²) in [6.07, 6.45) is 0. The van der Waals surface area contributed by atoms with Crippen molar-refractivity contribution in [3.8, 4) is 17.4 Å². The van der Waals surface area contributed by atoms with E-state index in [-0.39, 0.29) is 29.8 Å². The Balaban J connectivity index is 1.73. The monoisotopic (exact) mass is 365 g/mol. The Morgan fingerprint density at radius 2 is 2.00 bits per heavy atom. The van der Waals surface area contributed by atoms with Gasteiger partial charge in [0.05, 0.1) is 4.92 Å². The number of nitro groups is 1. The molecule has 2 aromatic heterocycles. The maximum atomic E-state index is 10.9. The van der Waals surface area contributed by atoms with Gasteiger partial charge in [-0.05, 0) is 34.1 Å². The van der Waals surface area contributed by atoms with Crippen molar-refractivity contribution >= 4 is 21.6 Å². The first kappa shape index (κ1) is 14.3. The topological polar surface area (TPSA) is 104 Å². The quantitative estimate of drug-likeness (QED) is 0.502. The molecule has 0 aliphatic carbocycles. The fraction of sp³-hybridized carbons (Fsp3) is 0.0769. The van der Waals surface area contributed by atoms with Crippen LogP contribution in [-0.2, 0) is 6.61 Å². The van der Waals surface area contributed by atoms with E-state index in [9.17, 15) is 10.1 Å². The number of aromatic nitrogens is 2. The number of rotatable bonds is 5. The van der Waals surface area contributed by atoms with E-state index in [0.717, 1.165) is 0 Å². The number of benzene rings is 1. The Morgan fingerprint density at radius 1 is 1.18 bits per heavy atom. The first-order valence-electron chi connectivity index (χ1n) is 6.08. The van der Waals surface area contributed by atoms with Crippen LogP contribution in [0.2, 0.25) is 0 Å². The summed E-state index contributed by atoms with van der Waals surface area (Å²) in [5.41, 5.74) is -0.128. The summed E-state index contributed by atoms with van der Waals surface area (Å²) in [4.78, 5) is 10.4. The Morgan fingerprint density at radius 3 is 2.73 bits per heavy atom. The average Bonchev–Trinajstić information content (AvgIpc) is 3.14. The molecule has 0 spiro atoms. The van der Waals surface area contributed by atoms with Crippen molar-refractivity contribution in [2.45, 2.75) is 6.61 Å². The predicted octanol–water partition coefficient (Wildman–Crippen LogP) is 3.58. The van der Waals surface area contributed by atoms with Crippen LogP contribution in [0, 0.1) is 10.1 Å². The molecule has 3 aromatic rings. The van der Waals surface area contributed by atoms with E-state index in [0.29, 0.717) is 10.4 Å². The van der Waals surface area contributed by atoms with Crippen molar-refractivity contribution in [3.05, 3.63) is 57.1 Å². The second-order valence-electron chi connectivity index (χ2n) is 4.12. The summed E-state index contributed by atoms with van der Waals surface area (Å²) in [5, 5.41) is 18.5. The number of ether oxygens (including phenoxy) is 1. The third kappa shape index (κ3) is 2.98. The van der Waals surface area contributed by atoms with Gasteiger partial charge >= 0.3 is 5.69 Å². The van der Waals surface area contributed by atoms with E-state index < -0.39 is 4.92 Å². The van der Waals surface area contributed by atoms with Crippen LogP contribution in [0.15, 0.2) is 49.9 Å². The third-order valence-corrected chi connectivity index (χ3v) is 3.09. The van der Waals surface area contributed by atoms with Gasteiger partial charge in [-0.25, -0.2) is 0 Å². The molecule has 0 atom stereocenters. The van der Waals surface area contributed by atoms with E-state index in [1.165, 1.54) is 12.1 Å². The second-order valence-corrected chi connectivity index (χ2v) is 4.90. The molecule has 0 amide bonds. The Bertz CT molecular complexity index is 813. The summed E-state index contributed by atoms with van der Waals surface area (Å²) >= 11 is 3.17. The van der Waals surface area contributed by atoms with Gasteiger partial charge in [-0.15, -0.1) is 10.2 Å². The number of halogens is 1. The van der Waals surface area contributed by atoms with Crippen LogP contribution in [0.25, 0.3) is 11.7 Å². The highest BCUT2D eigenvalue weighted by Crippen LogP contribution is 2.27. The molecule has 0 bridgehead atoms. The zero-order chi connectivity index (χ0) is 15.5. The molecule has 0 aliphatic rings. The fourth-order valence-electron chi connectivity index (χ4n) is 1.71. The number of para-hydroxylation sites is 2. The van der Waals surface area contributed by atoms with Crippen LogP contribution in [0.3, 0.4) is 0 Å². The molecular formula is C13H8BrN3O5. The van der Waals surface area contributed by atoms with Gasteiger partial charge in [0.2, 0.25) is 0 Å². The molecule has 22 heavy (non-hydrogen) atoms. The molecule has 0 saturated heterocycles. The van der Waals surface area contributed by atoms with Crippen molar-refractivity contribution in [2.75, 3.05) is 0 Å². The van der Waals surface area contributed by atoms with Crippen LogP contribution in [0.5, 0.6) is 5.75 Å². The van der Waals surface area contributed by atoms with Gasteiger partial charge in [0.15, 0.2) is 22.8 Å². The normalized spacial score (nSPS) is 10.6. The van der Waals surface area contributed by atoms with Gasteiger partial charge in [0.1, 0.15) is 0 Å². The number of nitro benzene ring substituents is 1. The zero-order valence-electron chi connectivity index (χ0n) is 10.9. The van der Waals surface area contributed by atoms with Gasteiger partial charge in [-0.3, -0.25) is 10.1 Å². The molecular weight excluding hydrogens is 358 g/mol. The zero-order valence-corrected chi connectivity index (χ0v) is 12.5. The Labute approximate surface area is 132 Å². The second kappa shape index (κ2) is 5.98. The first-order valence-corrected chi connectivity index (χ1v) is 6.87. The lowest BCUT2D eigenvalue weighted by Gasteiger charge is -2.03. The molecule has 0 unspecified atom stereocenters. The summed E-state index contributed by atoms with van der Waals surface area (Å²) in [6, 6.07) is 9.42. The molecule has 0 radical (unpaired) electrons. The molecule has 2 heterocycles. The van der Waals surface area contributed by atoms with Crippen LogP contribution in [0.4, 0.5) is 5.69 Å². The van der Waals surface area contributed by atoms with E-state index in [1.54, 1.807) is 24.3 Å². The number of nitrogens with zero attached hydrogens (tertiary/aromatic N) is 3. The lowest BCUT2D eigenvalue weighted by atomic mass is 10.3. The molecule has 8 nitrogen and oxygen atoms in total. The van der Waals surface area contributed by atoms with Gasteiger partial charge in [0.25, 0.3) is 11.8 Å². The molecule has 9 heteroatoms. The van der Waals surface area contributed by atoms with Crippen molar-refractivity contribution in [3.63, 3.8) is 0 Å². The summed E-state index contributed by atoms with van der Waals surface area (Å²) in [7, 11) is 0. The highest BCUT2D eigenvalue weighted by atomic mass is 79.9. The van der Waals surface area contributed by atoms with Crippen molar-refractivity contribution < 1.29 is 18.5 Å². The molecule has 0 aliphatic heterocycles.